The van der Waals surface area contributed by atoms with E-state index in [1.165, 1.54) is 9.75 Å². The number of carboxylic acids is 1. The molecule has 0 saturated carbocycles. The molecule has 0 radical (unpaired) electrons. The van der Waals surface area contributed by atoms with Crippen LogP contribution in [0, 0.1) is 12.8 Å². The first-order valence-corrected chi connectivity index (χ1v) is 11.3. The summed E-state index contributed by atoms with van der Waals surface area (Å²) in [6.07, 6.45) is -4.33. The van der Waals surface area contributed by atoms with Crippen LogP contribution in [0.3, 0.4) is 0 Å². The second-order valence-electron chi connectivity index (χ2n) is 6.99. The summed E-state index contributed by atoms with van der Waals surface area (Å²) in [5.41, 5.74) is 0. The Labute approximate surface area is 166 Å². The van der Waals surface area contributed by atoms with Crippen molar-refractivity contribution in [1.82, 2.24) is 4.90 Å². The van der Waals surface area contributed by atoms with Gasteiger partial charge in [-0.1, -0.05) is 0 Å². The highest BCUT2D eigenvalue weighted by molar-refractivity contribution is 7.93. The van der Waals surface area contributed by atoms with Crippen LogP contribution in [0.1, 0.15) is 23.1 Å². The molecule has 0 amide bonds. The molecule has 0 bridgehead atoms. The number of rotatable bonds is 5. The molecule has 28 heavy (non-hydrogen) atoms. The zero-order chi connectivity index (χ0) is 21.2. The molecular weight excluding hydrogens is 419 g/mol. The molecule has 2 aliphatic heterocycles. The average Bonchev–Trinajstić information content (AvgIpc) is 3.06. The van der Waals surface area contributed by atoms with Crippen LogP contribution >= 0.6 is 11.3 Å². The van der Waals surface area contributed by atoms with Crippen LogP contribution in [0.5, 0.6) is 0 Å². The highest BCUT2D eigenvalue weighted by Gasteiger charge is 2.61. The second kappa shape index (κ2) is 8.68. The Balaban J connectivity index is 0.000000345. The summed E-state index contributed by atoms with van der Waals surface area (Å²) in [7, 11) is -2.97. The Morgan fingerprint density at radius 1 is 1.39 bits per heavy atom. The smallest absolute Gasteiger partial charge is 0.475 e. The molecule has 11 heteroatoms. The van der Waals surface area contributed by atoms with E-state index >= 15 is 0 Å². The summed E-state index contributed by atoms with van der Waals surface area (Å²) in [5, 5.41) is 7.12. The number of halogens is 3. The molecular formula is C17H24F3NO5S2. The van der Waals surface area contributed by atoms with Crippen molar-refractivity contribution in [3.63, 3.8) is 0 Å². The fraction of sp³-hybridized carbons (Fsp3) is 0.706. The highest BCUT2D eigenvalue weighted by Crippen LogP contribution is 2.45. The molecule has 160 valence electrons. The van der Waals surface area contributed by atoms with Gasteiger partial charge < -0.3 is 9.84 Å². The van der Waals surface area contributed by atoms with E-state index in [2.05, 4.69) is 24.0 Å². The zero-order valence-corrected chi connectivity index (χ0v) is 17.3. The van der Waals surface area contributed by atoms with E-state index in [-0.39, 0.29) is 5.92 Å². The maximum absolute atomic E-state index is 12.5. The summed E-state index contributed by atoms with van der Waals surface area (Å²) in [4.78, 5) is 13.8. The summed E-state index contributed by atoms with van der Waals surface area (Å²) < 4.78 is 61.6. The van der Waals surface area contributed by atoms with Gasteiger partial charge in [0.25, 0.3) is 0 Å². The lowest BCUT2D eigenvalue weighted by Crippen LogP contribution is -2.67. The minimum Gasteiger partial charge on any atom is -0.475 e. The highest BCUT2D eigenvalue weighted by atomic mass is 32.2. The number of thiophene rings is 1. The Kier molecular flexibility index (Phi) is 7.17. The van der Waals surface area contributed by atoms with Crippen LogP contribution in [-0.2, 0) is 25.9 Å². The fourth-order valence-corrected chi connectivity index (χ4v) is 6.97. The monoisotopic (exact) mass is 443 g/mol. The normalized spacial score (nSPS) is 23.1. The Morgan fingerprint density at radius 3 is 2.46 bits per heavy atom. The number of sulfone groups is 1. The third-order valence-electron chi connectivity index (χ3n) is 5.02. The third-order valence-corrected chi connectivity index (χ3v) is 8.61. The quantitative estimate of drug-likeness (QED) is 0.754. The Hall–Kier alpha value is -1.17. The molecule has 0 aromatic carbocycles. The zero-order valence-electron chi connectivity index (χ0n) is 15.7. The van der Waals surface area contributed by atoms with Gasteiger partial charge in [-0.15, -0.1) is 11.3 Å². The minimum atomic E-state index is -5.08. The van der Waals surface area contributed by atoms with Gasteiger partial charge in [0, 0.05) is 41.9 Å². The predicted molar refractivity (Wildman–Crippen MR) is 99.1 cm³/mol. The topological polar surface area (TPSA) is 83.9 Å². The fourth-order valence-electron chi connectivity index (χ4n) is 3.58. The molecule has 3 rings (SSSR count). The largest absolute Gasteiger partial charge is 0.490 e. The molecule has 3 heterocycles. The molecule has 1 N–H and O–H groups in total. The van der Waals surface area contributed by atoms with E-state index in [0.29, 0.717) is 32.1 Å². The van der Waals surface area contributed by atoms with Crippen molar-refractivity contribution in [2.24, 2.45) is 5.92 Å². The molecule has 2 saturated heterocycles. The molecule has 2 aliphatic rings. The maximum atomic E-state index is 12.5. The second-order valence-corrected chi connectivity index (χ2v) is 10.8. The SMILES string of the molecule is CCOCC1CCS(=O)(=O)C12CN(Cc1ccc(C)s1)C2.O=C(O)C(F)(F)F. The van der Waals surface area contributed by atoms with E-state index in [4.69, 9.17) is 14.6 Å². The van der Waals surface area contributed by atoms with Gasteiger partial charge in [0.1, 0.15) is 4.75 Å². The third kappa shape index (κ3) is 5.05. The lowest BCUT2D eigenvalue weighted by molar-refractivity contribution is -0.192. The number of hydrogen-bond acceptors (Lipinski definition) is 6. The summed E-state index contributed by atoms with van der Waals surface area (Å²) in [6, 6.07) is 4.27. The van der Waals surface area contributed by atoms with Crippen LogP contribution in [0.15, 0.2) is 12.1 Å². The van der Waals surface area contributed by atoms with Gasteiger partial charge in [0.2, 0.25) is 0 Å². The van der Waals surface area contributed by atoms with Crippen LogP contribution in [0.2, 0.25) is 0 Å². The van der Waals surface area contributed by atoms with Crippen molar-refractivity contribution >= 4 is 27.1 Å². The molecule has 2 fully saturated rings. The van der Waals surface area contributed by atoms with E-state index in [0.717, 1.165) is 13.0 Å². The molecule has 1 aromatic heterocycles. The first-order valence-electron chi connectivity index (χ1n) is 8.79. The average molecular weight is 444 g/mol. The number of carboxylic acid groups (broad SMARTS) is 1. The summed E-state index contributed by atoms with van der Waals surface area (Å²) in [6.45, 7) is 7.52. The van der Waals surface area contributed by atoms with Crippen LogP contribution in [0.4, 0.5) is 13.2 Å². The number of carbonyl (C=O) groups is 1. The van der Waals surface area contributed by atoms with Crippen molar-refractivity contribution in [3.05, 3.63) is 21.9 Å². The van der Waals surface area contributed by atoms with Gasteiger partial charge >= 0.3 is 12.1 Å². The lowest BCUT2D eigenvalue weighted by atomic mass is 9.83. The molecule has 1 atom stereocenters. The van der Waals surface area contributed by atoms with Crippen LogP contribution in [-0.4, -0.2) is 67.4 Å². The first-order chi connectivity index (χ1) is 12.9. The van der Waals surface area contributed by atoms with Crippen molar-refractivity contribution < 1.29 is 36.2 Å². The van der Waals surface area contributed by atoms with Gasteiger partial charge in [-0.25, -0.2) is 13.2 Å². The van der Waals surface area contributed by atoms with E-state index in [9.17, 15) is 21.6 Å². The van der Waals surface area contributed by atoms with Gasteiger partial charge in [-0.05, 0) is 32.4 Å². The first kappa shape index (κ1) is 23.1. The number of ether oxygens (including phenoxy) is 1. The number of alkyl halides is 3. The van der Waals surface area contributed by atoms with E-state index < -0.39 is 26.7 Å². The van der Waals surface area contributed by atoms with E-state index in [1.807, 2.05) is 6.92 Å². The van der Waals surface area contributed by atoms with E-state index in [1.54, 1.807) is 11.3 Å². The number of likely N-dealkylation sites (tertiary alicyclic amines) is 1. The van der Waals surface area contributed by atoms with Crippen molar-refractivity contribution in [2.75, 3.05) is 32.1 Å². The molecule has 1 aromatic rings. The van der Waals surface area contributed by atoms with Crippen LogP contribution < -0.4 is 0 Å². The lowest BCUT2D eigenvalue weighted by Gasteiger charge is -2.49. The van der Waals surface area contributed by atoms with Gasteiger partial charge in [-0.3, -0.25) is 4.90 Å². The summed E-state index contributed by atoms with van der Waals surface area (Å²) >= 11 is 1.80. The number of nitrogens with zero attached hydrogens (tertiary/aromatic N) is 1. The van der Waals surface area contributed by atoms with Crippen LogP contribution in [0.25, 0.3) is 0 Å². The maximum Gasteiger partial charge on any atom is 0.490 e. The Bertz CT molecular complexity index is 785. The number of aryl methyl sites for hydroxylation is 1. The molecule has 1 spiro atoms. The van der Waals surface area contributed by atoms with Crippen molar-refractivity contribution in [1.29, 1.82) is 0 Å². The van der Waals surface area contributed by atoms with Gasteiger partial charge in [-0.2, -0.15) is 13.2 Å². The Morgan fingerprint density at radius 2 is 2.00 bits per heavy atom. The number of aliphatic carboxylic acids is 1. The van der Waals surface area contributed by atoms with Crippen molar-refractivity contribution in [3.8, 4) is 0 Å². The van der Waals surface area contributed by atoms with Gasteiger partial charge in [0.15, 0.2) is 9.84 Å². The van der Waals surface area contributed by atoms with Gasteiger partial charge in [0.05, 0.1) is 12.4 Å². The molecule has 1 unspecified atom stereocenters. The number of hydrogen-bond donors (Lipinski definition) is 1. The predicted octanol–water partition coefficient (Wildman–Crippen LogP) is 2.72. The minimum absolute atomic E-state index is 0.170. The molecule has 6 nitrogen and oxygen atoms in total. The summed E-state index contributed by atoms with van der Waals surface area (Å²) in [5.74, 6) is -2.26. The standard InChI is InChI=1S/C15H23NO3S2.C2HF3O2/c1-3-19-9-13-6-7-21(17,18)15(13)10-16(11-15)8-14-5-4-12(2)20-14;3-2(4,5)1(6)7/h4-5,13H,3,6-11H2,1-2H3;(H,6,7). The molecule has 0 aliphatic carbocycles. The van der Waals surface area contributed by atoms with Crippen molar-refractivity contribution in [2.45, 2.75) is 37.7 Å².